The lowest BCUT2D eigenvalue weighted by atomic mass is 10.1. The van der Waals surface area contributed by atoms with Gasteiger partial charge in [0, 0.05) is 18.8 Å². The smallest absolute Gasteiger partial charge is 0.167 e. The molecule has 4 N–H and O–H groups in total. The first-order chi connectivity index (χ1) is 6.20. The number of aldehydes is 1. The molecule has 0 aliphatic carbocycles. The molecule has 5 nitrogen and oxygen atoms in total. The number of aryl methyl sites for hydroxylation is 1. The standard InChI is InChI=1S/C8H12N4O/c1-5-3-11-6(4-13)7(5)8(9)12-10-2/h3-4,10-11H,1-2H3,(H2,9,12). The van der Waals surface area contributed by atoms with Gasteiger partial charge in [0.05, 0.1) is 5.69 Å². The van der Waals surface area contributed by atoms with Gasteiger partial charge in [-0.15, -0.1) is 0 Å². The summed E-state index contributed by atoms with van der Waals surface area (Å²) in [6.45, 7) is 1.86. The van der Waals surface area contributed by atoms with Crippen LogP contribution in [0.1, 0.15) is 21.6 Å². The molecule has 0 bridgehead atoms. The number of nitrogens with zero attached hydrogens (tertiary/aromatic N) is 1. The first-order valence-electron chi connectivity index (χ1n) is 3.84. The molecule has 1 aromatic rings. The molecular formula is C8H12N4O. The fraction of sp³-hybridized carbons (Fsp3) is 0.250. The van der Waals surface area contributed by atoms with Gasteiger partial charge in [0.1, 0.15) is 0 Å². The van der Waals surface area contributed by atoms with E-state index in [0.717, 1.165) is 11.8 Å². The highest BCUT2D eigenvalue weighted by Crippen LogP contribution is 2.10. The van der Waals surface area contributed by atoms with E-state index in [2.05, 4.69) is 15.5 Å². The van der Waals surface area contributed by atoms with Crippen molar-refractivity contribution in [3.05, 3.63) is 23.0 Å². The number of carbonyl (C=O) groups excluding carboxylic acids is 1. The van der Waals surface area contributed by atoms with Crippen molar-refractivity contribution >= 4 is 12.1 Å². The molecule has 13 heavy (non-hydrogen) atoms. The van der Waals surface area contributed by atoms with Crippen LogP contribution in [0.5, 0.6) is 0 Å². The van der Waals surface area contributed by atoms with Gasteiger partial charge < -0.3 is 16.1 Å². The van der Waals surface area contributed by atoms with E-state index >= 15 is 0 Å². The number of hydrogen-bond donors (Lipinski definition) is 3. The summed E-state index contributed by atoms with van der Waals surface area (Å²) < 4.78 is 0. The zero-order valence-corrected chi connectivity index (χ0v) is 7.59. The van der Waals surface area contributed by atoms with E-state index in [0.29, 0.717) is 17.1 Å². The van der Waals surface area contributed by atoms with Crippen LogP contribution in [0.3, 0.4) is 0 Å². The van der Waals surface area contributed by atoms with Crippen LogP contribution in [0.15, 0.2) is 11.3 Å². The number of hydrogen-bond acceptors (Lipinski definition) is 3. The summed E-state index contributed by atoms with van der Waals surface area (Å²) in [6.07, 6.45) is 2.44. The van der Waals surface area contributed by atoms with Crippen molar-refractivity contribution in [2.45, 2.75) is 6.92 Å². The van der Waals surface area contributed by atoms with Gasteiger partial charge in [-0.1, -0.05) is 0 Å². The van der Waals surface area contributed by atoms with Gasteiger partial charge in [-0.05, 0) is 12.5 Å². The van der Waals surface area contributed by atoms with Crippen LogP contribution in [0.2, 0.25) is 0 Å². The summed E-state index contributed by atoms with van der Waals surface area (Å²) in [5, 5.41) is 3.80. The maximum absolute atomic E-state index is 10.6. The van der Waals surface area contributed by atoms with E-state index in [1.54, 1.807) is 13.2 Å². The second-order valence-corrected chi connectivity index (χ2v) is 2.60. The molecule has 0 aliphatic rings. The van der Waals surface area contributed by atoms with Crippen molar-refractivity contribution in [1.29, 1.82) is 0 Å². The molecular weight excluding hydrogens is 168 g/mol. The third-order valence-corrected chi connectivity index (χ3v) is 1.71. The summed E-state index contributed by atoms with van der Waals surface area (Å²) in [5.41, 5.74) is 10.2. The molecule has 1 aromatic heterocycles. The third kappa shape index (κ3) is 1.69. The average molecular weight is 180 g/mol. The average Bonchev–Trinajstić information content (AvgIpc) is 2.47. The normalized spacial score (nSPS) is 11.4. The van der Waals surface area contributed by atoms with E-state index in [1.165, 1.54) is 0 Å². The number of aromatic amines is 1. The molecule has 0 saturated carbocycles. The van der Waals surface area contributed by atoms with Gasteiger partial charge in [0.15, 0.2) is 12.1 Å². The maximum Gasteiger partial charge on any atom is 0.167 e. The summed E-state index contributed by atoms with van der Waals surface area (Å²) >= 11 is 0. The van der Waals surface area contributed by atoms with Crippen molar-refractivity contribution in [2.75, 3.05) is 7.05 Å². The molecule has 0 amide bonds. The highest BCUT2D eigenvalue weighted by atomic mass is 16.1. The first-order valence-corrected chi connectivity index (χ1v) is 3.84. The number of rotatable bonds is 3. The molecule has 0 aliphatic heterocycles. The van der Waals surface area contributed by atoms with Crippen LogP contribution in [-0.4, -0.2) is 24.2 Å². The summed E-state index contributed by atoms with van der Waals surface area (Å²) in [5.74, 6) is 0.309. The highest BCUT2D eigenvalue weighted by molar-refractivity contribution is 6.04. The fourth-order valence-electron chi connectivity index (χ4n) is 1.15. The van der Waals surface area contributed by atoms with E-state index < -0.39 is 0 Å². The third-order valence-electron chi connectivity index (χ3n) is 1.71. The Bertz CT molecular complexity index is 340. The zero-order chi connectivity index (χ0) is 9.84. The predicted octanol–water partition coefficient (Wildman–Crippen LogP) is -0.0247. The lowest BCUT2D eigenvalue weighted by Gasteiger charge is -1.99. The quantitative estimate of drug-likeness (QED) is 0.264. The SMILES string of the molecule is CN/N=C(/N)c1c(C)c[nH]c1C=O. The number of amidine groups is 1. The number of aromatic nitrogens is 1. The van der Waals surface area contributed by atoms with E-state index in [4.69, 9.17) is 5.73 Å². The van der Waals surface area contributed by atoms with Crippen LogP contribution < -0.4 is 11.2 Å². The monoisotopic (exact) mass is 180 g/mol. The molecule has 0 radical (unpaired) electrons. The van der Waals surface area contributed by atoms with Gasteiger partial charge in [0.2, 0.25) is 0 Å². The van der Waals surface area contributed by atoms with E-state index in [9.17, 15) is 4.79 Å². The molecule has 70 valence electrons. The number of hydrazone groups is 1. The van der Waals surface area contributed by atoms with Crippen LogP contribution in [0, 0.1) is 6.92 Å². The van der Waals surface area contributed by atoms with Gasteiger partial charge in [-0.2, -0.15) is 5.10 Å². The maximum atomic E-state index is 10.6. The molecule has 0 fully saturated rings. The lowest BCUT2D eigenvalue weighted by molar-refractivity contribution is 0.111. The van der Waals surface area contributed by atoms with Crippen molar-refractivity contribution in [1.82, 2.24) is 10.4 Å². The van der Waals surface area contributed by atoms with Gasteiger partial charge in [-0.25, -0.2) is 0 Å². The van der Waals surface area contributed by atoms with E-state index in [1.807, 2.05) is 6.92 Å². The molecule has 0 unspecified atom stereocenters. The van der Waals surface area contributed by atoms with Crippen molar-refractivity contribution in [3.8, 4) is 0 Å². The second kappa shape index (κ2) is 3.75. The minimum atomic E-state index is 0.309. The van der Waals surface area contributed by atoms with Crippen molar-refractivity contribution < 1.29 is 4.79 Å². The van der Waals surface area contributed by atoms with E-state index in [-0.39, 0.29) is 0 Å². The first kappa shape index (κ1) is 9.31. The minimum absolute atomic E-state index is 0.309. The lowest BCUT2D eigenvalue weighted by Crippen LogP contribution is -2.19. The summed E-state index contributed by atoms with van der Waals surface area (Å²) in [4.78, 5) is 13.4. The molecule has 1 heterocycles. The minimum Gasteiger partial charge on any atom is -0.382 e. The fourth-order valence-corrected chi connectivity index (χ4v) is 1.15. The van der Waals surface area contributed by atoms with Crippen LogP contribution in [0.4, 0.5) is 0 Å². The largest absolute Gasteiger partial charge is 0.382 e. The van der Waals surface area contributed by atoms with Gasteiger partial charge in [-0.3, -0.25) is 4.79 Å². The van der Waals surface area contributed by atoms with Crippen LogP contribution >= 0.6 is 0 Å². The van der Waals surface area contributed by atoms with Crippen molar-refractivity contribution in [3.63, 3.8) is 0 Å². The Morgan fingerprint density at radius 2 is 2.46 bits per heavy atom. The summed E-state index contributed by atoms with van der Waals surface area (Å²) in [7, 11) is 1.65. The number of carbonyl (C=O) groups is 1. The Balaban J connectivity index is 3.18. The Morgan fingerprint density at radius 1 is 1.77 bits per heavy atom. The van der Waals surface area contributed by atoms with Crippen LogP contribution in [-0.2, 0) is 0 Å². The molecule has 0 aromatic carbocycles. The second-order valence-electron chi connectivity index (χ2n) is 2.60. The molecule has 0 saturated heterocycles. The predicted molar refractivity (Wildman–Crippen MR) is 50.7 cm³/mol. The topological polar surface area (TPSA) is 83.3 Å². The molecule has 1 rings (SSSR count). The Labute approximate surface area is 76.0 Å². The molecule has 5 heteroatoms. The Kier molecular flexibility index (Phi) is 2.69. The number of nitrogens with two attached hydrogens (primary N) is 1. The number of nitrogens with one attached hydrogen (secondary N) is 2. The van der Waals surface area contributed by atoms with Crippen molar-refractivity contribution in [2.24, 2.45) is 10.8 Å². The summed E-state index contributed by atoms with van der Waals surface area (Å²) in [6, 6.07) is 0. The number of H-pyrrole nitrogens is 1. The highest BCUT2D eigenvalue weighted by Gasteiger charge is 2.10. The van der Waals surface area contributed by atoms with Gasteiger partial charge >= 0.3 is 0 Å². The molecule has 0 spiro atoms. The molecule has 0 atom stereocenters. The zero-order valence-electron chi connectivity index (χ0n) is 7.59. The van der Waals surface area contributed by atoms with Gasteiger partial charge in [0.25, 0.3) is 0 Å². The Hall–Kier alpha value is -1.78. The van der Waals surface area contributed by atoms with Crippen LogP contribution in [0.25, 0.3) is 0 Å². The Morgan fingerprint density at radius 3 is 3.00 bits per heavy atom.